The summed E-state index contributed by atoms with van der Waals surface area (Å²) in [7, 11) is 0. The summed E-state index contributed by atoms with van der Waals surface area (Å²) in [5, 5.41) is 10.5. The molecule has 0 fully saturated rings. The summed E-state index contributed by atoms with van der Waals surface area (Å²) >= 11 is 0. The van der Waals surface area contributed by atoms with Crippen molar-refractivity contribution in [1.29, 1.82) is 0 Å². The molecule has 2 atom stereocenters. The van der Waals surface area contributed by atoms with E-state index in [1.807, 2.05) is 24.3 Å². The van der Waals surface area contributed by atoms with Gasteiger partial charge in [0.1, 0.15) is 18.0 Å². The minimum absolute atomic E-state index is 0.300. The van der Waals surface area contributed by atoms with Crippen molar-refractivity contribution in [3.8, 4) is 0 Å². The Morgan fingerprint density at radius 2 is 2.05 bits per heavy atom. The van der Waals surface area contributed by atoms with E-state index in [0.29, 0.717) is 17.7 Å². The molecule has 0 saturated carbocycles. The molecule has 3 rings (SSSR count). The zero-order valence-electron chi connectivity index (χ0n) is 11.3. The van der Waals surface area contributed by atoms with E-state index in [1.165, 1.54) is 11.6 Å². The third-order valence-electron chi connectivity index (χ3n) is 3.85. The Labute approximate surface area is 117 Å². The van der Waals surface area contributed by atoms with Crippen LogP contribution in [0.25, 0.3) is 0 Å². The summed E-state index contributed by atoms with van der Waals surface area (Å²) in [5.41, 5.74) is 3.31. The number of halogens is 1. The largest absolute Gasteiger partial charge is 0.385 e. The van der Waals surface area contributed by atoms with Gasteiger partial charge in [-0.2, -0.15) is 0 Å². The number of aliphatic hydroxyl groups is 1. The van der Waals surface area contributed by atoms with E-state index in [1.54, 1.807) is 19.1 Å². The topological polar surface area (TPSA) is 29.5 Å². The van der Waals surface area contributed by atoms with Crippen molar-refractivity contribution in [2.75, 3.05) is 6.61 Å². The van der Waals surface area contributed by atoms with Crippen LogP contribution in [0, 0.1) is 12.7 Å². The summed E-state index contributed by atoms with van der Waals surface area (Å²) < 4.78 is 19.4. The Morgan fingerprint density at radius 3 is 2.85 bits per heavy atom. The highest BCUT2D eigenvalue weighted by molar-refractivity contribution is 5.34. The Morgan fingerprint density at radius 1 is 1.25 bits per heavy atom. The zero-order chi connectivity index (χ0) is 14.1. The van der Waals surface area contributed by atoms with E-state index >= 15 is 0 Å². The normalized spacial score (nSPS) is 19.4. The molecule has 1 aliphatic heterocycles. The molecule has 20 heavy (non-hydrogen) atoms. The molecule has 2 nitrogen and oxygen atoms in total. The number of hydrogen-bond acceptors (Lipinski definition) is 2. The van der Waals surface area contributed by atoms with Gasteiger partial charge in [-0.1, -0.05) is 36.4 Å². The zero-order valence-corrected chi connectivity index (χ0v) is 11.3. The van der Waals surface area contributed by atoms with E-state index in [2.05, 4.69) is 0 Å². The summed E-state index contributed by atoms with van der Waals surface area (Å²) in [6, 6.07) is 12.8. The Hall–Kier alpha value is -1.71. The van der Waals surface area contributed by atoms with Gasteiger partial charge >= 0.3 is 0 Å². The maximum atomic E-state index is 13.7. The van der Waals surface area contributed by atoms with Crippen molar-refractivity contribution in [2.24, 2.45) is 0 Å². The first-order valence-corrected chi connectivity index (χ1v) is 6.80. The molecular formula is C17H17FO2. The number of benzene rings is 2. The highest BCUT2D eigenvalue weighted by Crippen LogP contribution is 2.37. The molecule has 2 unspecified atom stereocenters. The van der Waals surface area contributed by atoms with E-state index in [9.17, 15) is 9.50 Å². The first-order valence-electron chi connectivity index (χ1n) is 6.80. The molecule has 1 aliphatic rings. The second-order valence-corrected chi connectivity index (χ2v) is 5.19. The predicted octanol–water partition coefficient (Wildman–Crippen LogP) is 3.48. The van der Waals surface area contributed by atoms with Crippen LogP contribution in [0.2, 0.25) is 0 Å². The van der Waals surface area contributed by atoms with Gasteiger partial charge in [0.25, 0.3) is 0 Å². The number of aliphatic hydroxyl groups excluding tert-OH is 1. The molecule has 3 heteroatoms. The van der Waals surface area contributed by atoms with Crippen molar-refractivity contribution in [2.45, 2.75) is 25.6 Å². The number of fused-ring (bicyclic) bond motifs is 1. The van der Waals surface area contributed by atoms with Crippen molar-refractivity contribution >= 4 is 0 Å². The fourth-order valence-electron chi connectivity index (χ4n) is 2.65. The average molecular weight is 272 g/mol. The van der Waals surface area contributed by atoms with Gasteiger partial charge in [-0.3, -0.25) is 0 Å². The Balaban J connectivity index is 1.95. The lowest BCUT2D eigenvalue weighted by molar-refractivity contribution is -0.0483. The lowest BCUT2D eigenvalue weighted by atomic mass is 9.91. The van der Waals surface area contributed by atoms with Gasteiger partial charge in [0.05, 0.1) is 6.61 Å². The molecule has 0 saturated heterocycles. The molecule has 0 amide bonds. The number of hydrogen-bond donors (Lipinski definition) is 1. The van der Waals surface area contributed by atoms with Gasteiger partial charge in [0.2, 0.25) is 0 Å². The van der Waals surface area contributed by atoms with Crippen LogP contribution in [0.1, 0.15) is 34.5 Å². The smallest absolute Gasteiger partial charge is 0.126 e. The predicted molar refractivity (Wildman–Crippen MR) is 74.9 cm³/mol. The number of aryl methyl sites for hydroxylation is 1. The SMILES string of the molecule is Cc1ccc(C(O)C2OCCc3ccccc32)cc1F. The molecule has 0 bridgehead atoms. The van der Waals surface area contributed by atoms with E-state index in [0.717, 1.165) is 12.0 Å². The lowest BCUT2D eigenvalue weighted by Crippen LogP contribution is -2.22. The quantitative estimate of drug-likeness (QED) is 0.907. The molecule has 0 aromatic heterocycles. The van der Waals surface area contributed by atoms with E-state index in [4.69, 9.17) is 4.74 Å². The minimum Gasteiger partial charge on any atom is -0.385 e. The Kier molecular flexibility index (Phi) is 3.55. The van der Waals surface area contributed by atoms with Crippen LogP contribution in [-0.2, 0) is 11.2 Å². The molecule has 2 aromatic carbocycles. The first-order chi connectivity index (χ1) is 9.66. The summed E-state index contributed by atoms with van der Waals surface area (Å²) in [6.45, 7) is 2.28. The third kappa shape index (κ3) is 2.35. The van der Waals surface area contributed by atoms with Crippen LogP contribution in [0.4, 0.5) is 4.39 Å². The monoisotopic (exact) mass is 272 g/mol. The second kappa shape index (κ2) is 5.35. The standard InChI is InChI=1S/C17H17FO2/c1-11-6-7-13(10-15(11)18)16(19)17-14-5-3-2-4-12(14)8-9-20-17/h2-7,10,16-17,19H,8-9H2,1H3. The lowest BCUT2D eigenvalue weighted by Gasteiger charge is -2.30. The molecule has 0 radical (unpaired) electrons. The average Bonchev–Trinajstić information content (AvgIpc) is 2.49. The van der Waals surface area contributed by atoms with Gasteiger partial charge in [0, 0.05) is 0 Å². The fourth-order valence-corrected chi connectivity index (χ4v) is 2.65. The van der Waals surface area contributed by atoms with Crippen LogP contribution in [0.3, 0.4) is 0 Å². The van der Waals surface area contributed by atoms with Crippen LogP contribution in [0.15, 0.2) is 42.5 Å². The molecule has 0 aliphatic carbocycles. The van der Waals surface area contributed by atoms with Gasteiger partial charge in [-0.15, -0.1) is 0 Å². The Bertz CT molecular complexity index is 624. The minimum atomic E-state index is -0.855. The highest BCUT2D eigenvalue weighted by atomic mass is 19.1. The van der Waals surface area contributed by atoms with Crippen molar-refractivity contribution in [3.05, 3.63) is 70.5 Å². The summed E-state index contributed by atoms with van der Waals surface area (Å²) in [4.78, 5) is 0. The summed E-state index contributed by atoms with van der Waals surface area (Å²) in [6.07, 6.45) is -0.435. The number of rotatable bonds is 2. The molecule has 1 heterocycles. The molecular weight excluding hydrogens is 255 g/mol. The first kappa shape index (κ1) is 13.3. The van der Waals surface area contributed by atoms with Gasteiger partial charge in [0.15, 0.2) is 0 Å². The van der Waals surface area contributed by atoms with Crippen molar-refractivity contribution in [3.63, 3.8) is 0 Å². The maximum Gasteiger partial charge on any atom is 0.126 e. The van der Waals surface area contributed by atoms with Crippen molar-refractivity contribution < 1.29 is 14.2 Å². The second-order valence-electron chi connectivity index (χ2n) is 5.19. The summed E-state index contributed by atoms with van der Waals surface area (Å²) in [5.74, 6) is -0.300. The van der Waals surface area contributed by atoms with Crippen molar-refractivity contribution in [1.82, 2.24) is 0 Å². The van der Waals surface area contributed by atoms with Crippen LogP contribution in [-0.4, -0.2) is 11.7 Å². The maximum absolute atomic E-state index is 13.7. The van der Waals surface area contributed by atoms with E-state index in [-0.39, 0.29) is 5.82 Å². The van der Waals surface area contributed by atoms with Gasteiger partial charge in [-0.25, -0.2) is 4.39 Å². The number of ether oxygens (including phenoxy) is 1. The van der Waals surface area contributed by atoms with Crippen LogP contribution >= 0.6 is 0 Å². The van der Waals surface area contributed by atoms with Gasteiger partial charge in [-0.05, 0) is 41.7 Å². The third-order valence-corrected chi connectivity index (χ3v) is 3.85. The molecule has 2 aromatic rings. The molecule has 1 N–H and O–H groups in total. The van der Waals surface area contributed by atoms with E-state index < -0.39 is 12.2 Å². The van der Waals surface area contributed by atoms with Crippen LogP contribution in [0.5, 0.6) is 0 Å². The highest BCUT2D eigenvalue weighted by Gasteiger charge is 2.28. The van der Waals surface area contributed by atoms with Crippen LogP contribution < -0.4 is 0 Å². The van der Waals surface area contributed by atoms with Gasteiger partial charge < -0.3 is 9.84 Å². The molecule has 0 spiro atoms. The fraction of sp³-hybridized carbons (Fsp3) is 0.294. The molecule has 104 valence electrons.